The topological polar surface area (TPSA) is 23.5 Å². The van der Waals surface area contributed by atoms with E-state index in [-0.39, 0.29) is 12.6 Å². The smallest absolute Gasteiger partial charge is 0.0632 e. The average Bonchev–Trinajstić information content (AvgIpc) is 2.35. The fraction of sp³-hybridized carbons (Fsp3) is 0.875. The number of rotatable bonds is 6. The van der Waals surface area contributed by atoms with E-state index in [4.69, 9.17) is 0 Å². The molecule has 0 aromatic carbocycles. The van der Waals surface area contributed by atoms with Crippen molar-refractivity contribution < 1.29 is 5.11 Å². The Balaban J connectivity index is 2.61. The third-order valence-electron chi connectivity index (χ3n) is 4.77. The van der Waals surface area contributed by atoms with E-state index in [2.05, 4.69) is 32.3 Å². The van der Waals surface area contributed by atoms with E-state index < -0.39 is 0 Å². The van der Waals surface area contributed by atoms with Crippen molar-refractivity contribution >= 4 is 0 Å². The van der Waals surface area contributed by atoms with Gasteiger partial charge >= 0.3 is 0 Å². The maximum absolute atomic E-state index is 9.35. The van der Waals surface area contributed by atoms with Gasteiger partial charge in [-0.3, -0.25) is 0 Å². The Bertz CT molecular complexity index is 276. The van der Waals surface area contributed by atoms with Crippen molar-refractivity contribution in [2.45, 2.75) is 65.8 Å². The number of hydrogen-bond donors (Lipinski definition) is 1. The van der Waals surface area contributed by atoms with Crippen LogP contribution in [0.4, 0.5) is 0 Å². The molecule has 1 aliphatic carbocycles. The maximum Gasteiger partial charge on any atom is 0.0632 e. The second-order valence-electron chi connectivity index (χ2n) is 6.55. The molecule has 3 atom stereocenters. The van der Waals surface area contributed by atoms with Crippen LogP contribution in [0.1, 0.15) is 59.8 Å². The summed E-state index contributed by atoms with van der Waals surface area (Å²) in [5.41, 5.74) is 1.62. The minimum absolute atomic E-state index is 0.192. The van der Waals surface area contributed by atoms with Crippen LogP contribution >= 0.6 is 0 Å². The number of allylic oxidation sites excluding steroid dienone is 1. The lowest BCUT2D eigenvalue weighted by atomic mass is 9.69. The van der Waals surface area contributed by atoms with Gasteiger partial charge in [0.15, 0.2) is 0 Å². The Morgan fingerprint density at radius 1 is 1.56 bits per heavy atom. The fourth-order valence-corrected chi connectivity index (χ4v) is 3.28. The highest BCUT2D eigenvalue weighted by atomic mass is 16.3. The Hall–Kier alpha value is -0.500. The van der Waals surface area contributed by atoms with Crippen LogP contribution in [0.2, 0.25) is 0 Å². The molecule has 106 valence electrons. The zero-order valence-electron chi connectivity index (χ0n) is 12.7. The highest BCUT2D eigenvalue weighted by Crippen LogP contribution is 2.42. The lowest BCUT2D eigenvalue weighted by Crippen LogP contribution is -2.40. The molecule has 0 bridgehead atoms. The maximum atomic E-state index is 9.35. The van der Waals surface area contributed by atoms with Gasteiger partial charge in [0.2, 0.25) is 0 Å². The summed E-state index contributed by atoms with van der Waals surface area (Å²) in [5, 5.41) is 9.35. The number of hydrogen-bond acceptors (Lipinski definition) is 2. The molecule has 1 N–H and O–H groups in total. The van der Waals surface area contributed by atoms with Gasteiger partial charge in [-0.05, 0) is 44.4 Å². The van der Waals surface area contributed by atoms with E-state index >= 15 is 0 Å². The molecule has 0 aromatic rings. The molecule has 0 spiro atoms. The van der Waals surface area contributed by atoms with Gasteiger partial charge in [0, 0.05) is 18.3 Å². The Morgan fingerprint density at radius 3 is 2.72 bits per heavy atom. The Morgan fingerprint density at radius 2 is 2.22 bits per heavy atom. The van der Waals surface area contributed by atoms with Crippen LogP contribution in [0.25, 0.3) is 0 Å². The highest BCUT2D eigenvalue weighted by Gasteiger charge is 2.31. The van der Waals surface area contributed by atoms with Gasteiger partial charge in [-0.2, -0.15) is 0 Å². The second kappa shape index (κ2) is 6.60. The largest absolute Gasteiger partial charge is 0.394 e. The lowest BCUT2D eigenvalue weighted by Gasteiger charge is -2.41. The van der Waals surface area contributed by atoms with Crippen LogP contribution in [0.15, 0.2) is 12.3 Å². The normalized spacial score (nSPS) is 29.9. The van der Waals surface area contributed by atoms with Crippen molar-refractivity contribution in [2.75, 3.05) is 13.2 Å². The molecule has 1 fully saturated rings. The third-order valence-corrected chi connectivity index (χ3v) is 4.77. The molecule has 0 saturated heterocycles. The molecule has 0 heterocycles. The molecule has 1 saturated carbocycles. The molecule has 0 aliphatic heterocycles. The average molecular weight is 253 g/mol. The van der Waals surface area contributed by atoms with Crippen LogP contribution < -0.4 is 0 Å². The first kappa shape index (κ1) is 15.6. The molecule has 1 aliphatic rings. The SMILES string of the molecule is C=C(C)N(CC1CCCC(C)(CC)C1)C(C)CO. The quantitative estimate of drug-likeness (QED) is 0.778. The van der Waals surface area contributed by atoms with Crippen LogP contribution in [0, 0.1) is 11.3 Å². The molecule has 1 rings (SSSR count). The summed E-state index contributed by atoms with van der Waals surface area (Å²) in [4.78, 5) is 2.28. The van der Waals surface area contributed by atoms with E-state index in [1.165, 1.54) is 32.1 Å². The summed E-state index contributed by atoms with van der Waals surface area (Å²) in [5.74, 6) is 0.759. The molecule has 2 heteroatoms. The summed E-state index contributed by atoms with van der Waals surface area (Å²) in [6, 6.07) is 0.192. The second-order valence-corrected chi connectivity index (χ2v) is 6.55. The number of aliphatic hydroxyl groups excluding tert-OH is 1. The van der Waals surface area contributed by atoms with Gasteiger partial charge in [0.25, 0.3) is 0 Å². The van der Waals surface area contributed by atoms with Crippen LogP contribution in [-0.4, -0.2) is 29.2 Å². The molecule has 18 heavy (non-hydrogen) atoms. The van der Waals surface area contributed by atoms with Gasteiger partial charge in [0.1, 0.15) is 0 Å². The van der Waals surface area contributed by atoms with Gasteiger partial charge in [-0.1, -0.05) is 33.3 Å². The molecule has 0 amide bonds. The first-order chi connectivity index (χ1) is 8.41. The lowest BCUT2D eigenvalue weighted by molar-refractivity contribution is 0.0978. The van der Waals surface area contributed by atoms with E-state index in [9.17, 15) is 5.11 Å². The van der Waals surface area contributed by atoms with Crippen molar-refractivity contribution in [3.63, 3.8) is 0 Å². The first-order valence-corrected chi connectivity index (χ1v) is 7.45. The van der Waals surface area contributed by atoms with Crippen molar-refractivity contribution in [1.29, 1.82) is 0 Å². The van der Waals surface area contributed by atoms with Gasteiger partial charge in [-0.15, -0.1) is 0 Å². The molecular weight excluding hydrogens is 222 g/mol. The third kappa shape index (κ3) is 4.01. The van der Waals surface area contributed by atoms with Crippen LogP contribution in [0.5, 0.6) is 0 Å². The fourth-order valence-electron chi connectivity index (χ4n) is 3.28. The molecule has 3 unspecified atom stereocenters. The number of aliphatic hydroxyl groups is 1. The zero-order chi connectivity index (χ0) is 13.8. The molecule has 2 nitrogen and oxygen atoms in total. The molecular formula is C16H31NO. The van der Waals surface area contributed by atoms with Gasteiger partial charge < -0.3 is 10.0 Å². The summed E-state index contributed by atoms with van der Waals surface area (Å²) >= 11 is 0. The molecule has 0 aromatic heterocycles. The van der Waals surface area contributed by atoms with Crippen LogP contribution in [-0.2, 0) is 0 Å². The summed E-state index contributed by atoms with van der Waals surface area (Å²) in [7, 11) is 0. The van der Waals surface area contributed by atoms with Gasteiger partial charge in [-0.25, -0.2) is 0 Å². The zero-order valence-corrected chi connectivity index (χ0v) is 12.7. The minimum Gasteiger partial charge on any atom is -0.394 e. The summed E-state index contributed by atoms with van der Waals surface area (Å²) in [6.07, 6.45) is 6.67. The highest BCUT2D eigenvalue weighted by molar-refractivity contribution is 4.94. The van der Waals surface area contributed by atoms with E-state index in [1.807, 2.05) is 6.92 Å². The predicted octanol–water partition coefficient (Wildman–Crippen LogP) is 3.81. The van der Waals surface area contributed by atoms with E-state index in [0.29, 0.717) is 5.41 Å². The standard InChI is InChI=1S/C16H31NO/c1-6-16(5)9-7-8-15(10-16)11-17(13(2)3)14(4)12-18/h14-15,18H,2,6-12H2,1,3-5H3. The van der Waals surface area contributed by atoms with Crippen molar-refractivity contribution in [2.24, 2.45) is 11.3 Å². The molecule has 0 radical (unpaired) electrons. The monoisotopic (exact) mass is 253 g/mol. The van der Waals surface area contributed by atoms with Crippen LogP contribution in [0.3, 0.4) is 0 Å². The van der Waals surface area contributed by atoms with E-state index in [0.717, 1.165) is 18.2 Å². The van der Waals surface area contributed by atoms with Gasteiger partial charge in [0.05, 0.1) is 6.61 Å². The summed E-state index contributed by atoms with van der Waals surface area (Å²) in [6.45, 7) is 14.2. The Labute approximate surface area is 113 Å². The first-order valence-electron chi connectivity index (χ1n) is 7.45. The Kier molecular flexibility index (Phi) is 5.71. The van der Waals surface area contributed by atoms with Crippen molar-refractivity contribution in [3.05, 3.63) is 12.3 Å². The number of nitrogens with zero attached hydrogens (tertiary/aromatic N) is 1. The minimum atomic E-state index is 0.192. The van der Waals surface area contributed by atoms with E-state index in [1.54, 1.807) is 0 Å². The predicted molar refractivity (Wildman–Crippen MR) is 78.4 cm³/mol. The van der Waals surface area contributed by atoms with Crippen molar-refractivity contribution in [1.82, 2.24) is 4.90 Å². The summed E-state index contributed by atoms with van der Waals surface area (Å²) < 4.78 is 0. The van der Waals surface area contributed by atoms with Crippen molar-refractivity contribution in [3.8, 4) is 0 Å².